The van der Waals surface area contributed by atoms with E-state index < -0.39 is 12.5 Å². The molecule has 0 aliphatic rings. The zero-order valence-electron chi connectivity index (χ0n) is 15.0. The first-order chi connectivity index (χ1) is 13.9. The van der Waals surface area contributed by atoms with Crippen molar-refractivity contribution >= 4 is 23.3 Å². The van der Waals surface area contributed by atoms with E-state index in [1.807, 2.05) is 0 Å². The molecule has 0 aliphatic carbocycles. The maximum absolute atomic E-state index is 13.0. The number of hydrogen-bond donors (Lipinski definition) is 1. The Hall–Kier alpha value is -3.20. The molecule has 0 saturated heterocycles. The molecule has 0 spiro atoms. The van der Waals surface area contributed by atoms with Gasteiger partial charge in [0, 0.05) is 11.8 Å². The Morgan fingerprint density at radius 1 is 1.21 bits per heavy atom. The largest absolute Gasteiger partial charge is 0.493 e. The maximum Gasteiger partial charge on any atom is 0.387 e. The third-order valence-electron chi connectivity index (χ3n) is 3.85. The fourth-order valence-corrected chi connectivity index (χ4v) is 2.72. The first-order valence-electron chi connectivity index (χ1n) is 8.27. The van der Waals surface area contributed by atoms with Gasteiger partial charge in [0.05, 0.1) is 13.7 Å². The van der Waals surface area contributed by atoms with Crippen molar-refractivity contribution in [2.45, 2.75) is 13.2 Å². The Balaban J connectivity index is 1.73. The summed E-state index contributed by atoms with van der Waals surface area (Å²) >= 11 is 6.12. The minimum atomic E-state index is -3.02. The van der Waals surface area contributed by atoms with Crippen molar-refractivity contribution in [3.05, 3.63) is 70.6 Å². The van der Waals surface area contributed by atoms with Crippen LogP contribution in [0.5, 0.6) is 11.5 Å². The lowest BCUT2D eigenvalue weighted by atomic mass is 10.2. The highest BCUT2D eigenvalue weighted by Gasteiger charge is 2.16. The van der Waals surface area contributed by atoms with E-state index >= 15 is 0 Å². The van der Waals surface area contributed by atoms with Gasteiger partial charge in [-0.05, 0) is 35.9 Å². The van der Waals surface area contributed by atoms with Gasteiger partial charge in [-0.15, -0.1) is 0 Å². The molecule has 10 heteroatoms. The molecular weight excluding hydrogens is 411 g/mol. The fraction of sp³-hybridized carbons (Fsp3) is 0.158. The smallest absolute Gasteiger partial charge is 0.387 e. The van der Waals surface area contributed by atoms with Crippen molar-refractivity contribution in [2.24, 2.45) is 0 Å². The number of aromatic nitrogens is 2. The lowest BCUT2D eigenvalue weighted by molar-refractivity contribution is -0.0512. The van der Waals surface area contributed by atoms with Crippen molar-refractivity contribution in [1.29, 1.82) is 0 Å². The predicted molar refractivity (Wildman–Crippen MR) is 100 cm³/mol. The molecule has 2 aromatic carbocycles. The number of nitrogens with one attached hydrogen (secondary N) is 1. The molecular formula is C19H15ClF3N3O3. The van der Waals surface area contributed by atoms with Gasteiger partial charge in [-0.2, -0.15) is 13.9 Å². The lowest BCUT2D eigenvalue weighted by Crippen LogP contribution is -2.13. The minimum absolute atomic E-state index is 0.0223. The molecule has 29 heavy (non-hydrogen) atoms. The van der Waals surface area contributed by atoms with Gasteiger partial charge < -0.3 is 14.8 Å². The molecule has 0 bridgehead atoms. The average molecular weight is 426 g/mol. The van der Waals surface area contributed by atoms with E-state index in [2.05, 4.69) is 15.2 Å². The molecule has 3 aromatic rings. The van der Waals surface area contributed by atoms with Crippen molar-refractivity contribution in [3.63, 3.8) is 0 Å². The molecule has 0 unspecified atom stereocenters. The molecule has 1 aromatic heterocycles. The lowest BCUT2D eigenvalue weighted by Gasteiger charge is -2.11. The number of rotatable bonds is 7. The van der Waals surface area contributed by atoms with E-state index in [1.165, 1.54) is 48.3 Å². The van der Waals surface area contributed by atoms with Gasteiger partial charge in [0.25, 0.3) is 5.91 Å². The number of ether oxygens (including phenoxy) is 2. The first-order valence-corrected chi connectivity index (χ1v) is 8.65. The summed E-state index contributed by atoms with van der Waals surface area (Å²) in [5.74, 6) is -1.02. The molecule has 0 aliphatic heterocycles. The Bertz CT molecular complexity index is 1010. The summed E-state index contributed by atoms with van der Waals surface area (Å²) < 4.78 is 48.6. The number of nitrogens with zero attached hydrogens (tertiary/aromatic N) is 2. The van der Waals surface area contributed by atoms with Crippen LogP contribution in [-0.4, -0.2) is 29.4 Å². The molecule has 1 amide bonds. The van der Waals surface area contributed by atoms with Crippen LogP contribution in [0.15, 0.2) is 48.7 Å². The quantitative estimate of drug-likeness (QED) is 0.601. The second-order valence-corrected chi connectivity index (χ2v) is 6.26. The van der Waals surface area contributed by atoms with Crippen LogP contribution in [0, 0.1) is 5.82 Å². The van der Waals surface area contributed by atoms with Crippen LogP contribution < -0.4 is 14.8 Å². The monoisotopic (exact) mass is 425 g/mol. The number of anilines is 1. The molecule has 152 valence electrons. The van der Waals surface area contributed by atoms with Gasteiger partial charge in [0.15, 0.2) is 17.3 Å². The van der Waals surface area contributed by atoms with Gasteiger partial charge in [-0.25, -0.2) is 4.39 Å². The summed E-state index contributed by atoms with van der Waals surface area (Å²) in [5, 5.41) is 6.94. The SMILES string of the molecule is COc1cc(C(=O)Nc2nn(Cc3ccc(F)cc3)cc2Cl)ccc1OC(F)F. The molecule has 0 atom stereocenters. The number of methoxy groups -OCH3 is 1. The molecule has 0 fully saturated rings. The molecule has 0 saturated carbocycles. The second-order valence-electron chi connectivity index (χ2n) is 5.85. The number of amides is 1. The summed E-state index contributed by atoms with van der Waals surface area (Å²) in [6, 6.07) is 9.65. The van der Waals surface area contributed by atoms with E-state index in [-0.39, 0.29) is 33.7 Å². The highest BCUT2D eigenvalue weighted by atomic mass is 35.5. The number of carbonyl (C=O) groups is 1. The molecule has 6 nitrogen and oxygen atoms in total. The third-order valence-corrected chi connectivity index (χ3v) is 4.13. The summed E-state index contributed by atoms with van der Waals surface area (Å²) in [6.07, 6.45) is 1.51. The van der Waals surface area contributed by atoms with Gasteiger partial charge >= 0.3 is 6.61 Å². The van der Waals surface area contributed by atoms with Gasteiger partial charge in [0.2, 0.25) is 0 Å². The number of halogens is 4. The Kier molecular flexibility index (Phi) is 6.28. The van der Waals surface area contributed by atoms with Crippen LogP contribution in [0.4, 0.5) is 19.0 Å². The number of hydrogen-bond acceptors (Lipinski definition) is 4. The van der Waals surface area contributed by atoms with Crippen molar-refractivity contribution in [1.82, 2.24) is 9.78 Å². The van der Waals surface area contributed by atoms with Crippen LogP contribution in [0.25, 0.3) is 0 Å². The molecule has 3 rings (SSSR count). The van der Waals surface area contributed by atoms with Crippen LogP contribution in [0.2, 0.25) is 5.02 Å². The maximum atomic E-state index is 13.0. The van der Waals surface area contributed by atoms with Crippen molar-refractivity contribution in [3.8, 4) is 11.5 Å². The summed E-state index contributed by atoms with van der Waals surface area (Å²) in [5.41, 5.74) is 0.926. The Morgan fingerprint density at radius 3 is 2.59 bits per heavy atom. The second kappa shape index (κ2) is 8.87. The Morgan fingerprint density at radius 2 is 1.93 bits per heavy atom. The summed E-state index contributed by atoms with van der Waals surface area (Å²) in [4.78, 5) is 12.5. The fourth-order valence-electron chi connectivity index (χ4n) is 2.52. The zero-order valence-corrected chi connectivity index (χ0v) is 15.8. The summed E-state index contributed by atoms with van der Waals surface area (Å²) in [7, 11) is 1.27. The average Bonchev–Trinajstić information content (AvgIpc) is 3.02. The molecule has 1 N–H and O–H groups in total. The van der Waals surface area contributed by atoms with E-state index in [0.29, 0.717) is 6.54 Å². The van der Waals surface area contributed by atoms with Crippen LogP contribution in [-0.2, 0) is 6.54 Å². The summed E-state index contributed by atoms with van der Waals surface area (Å²) in [6.45, 7) is -2.70. The van der Waals surface area contributed by atoms with Gasteiger partial charge in [0.1, 0.15) is 10.8 Å². The van der Waals surface area contributed by atoms with E-state index in [1.54, 1.807) is 12.1 Å². The highest BCUT2D eigenvalue weighted by molar-refractivity contribution is 6.33. The third kappa shape index (κ3) is 5.20. The number of benzene rings is 2. The molecule has 0 radical (unpaired) electrons. The zero-order chi connectivity index (χ0) is 21.0. The predicted octanol–water partition coefficient (Wildman–Crippen LogP) is 4.59. The van der Waals surface area contributed by atoms with E-state index in [0.717, 1.165) is 5.56 Å². The number of carbonyl (C=O) groups excluding carboxylic acids is 1. The minimum Gasteiger partial charge on any atom is -0.493 e. The standard InChI is InChI=1S/C19H15ClF3N3O3/c1-28-16-8-12(4-7-15(16)29-19(22)23)18(27)24-17-14(20)10-26(25-17)9-11-2-5-13(21)6-3-11/h2-8,10,19H,9H2,1H3,(H,24,25,27). The van der Waals surface area contributed by atoms with Crippen molar-refractivity contribution in [2.75, 3.05) is 12.4 Å². The highest BCUT2D eigenvalue weighted by Crippen LogP contribution is 2.30. The van der Waals surface area contributed by atoms with E-state index in [9.17, 15) is 18.0 Å². The van der Waals surface area contributed by atoms with Gasteiger partial charge in [-0.3, -0.25) is 9.48 Å². The van der Waals surface area contributed by atoms with Gasteiger partial charge in [-0.1, -0.05) is 23.7 Å². The van der Waals surface area contributed by atoms with Crippen LogP contribution in [0.3, 0.4) is 0 Å². The Labute approximate surface area is 168 Å². The number of alkyl halides is 2. The first kappa shape index (κ1) is 20.5. The van der Waals surface area contributed by atoms with E-state index in [4.69, 9.17) is 16.3 Å². The molecule has 1 heterocycles. The van der Waals surface area contributed by atoms with Crippen LogP contribution >= 0.6 is 11.6 Å². The van der Waals surface area contributed by atoms with Crippen LogP contribution in [0.1, 0.15) is 15.9 Å². The normalized spacial score (nSPS) is 10.8. The van der Waals surface area contributed by atoms with Crippen molar-refractivity contribution < 1.29 is 27.4 Å². The topological polar surface area (TPSA) is 65.4 Å².